The Hall–Kier alpha value is -1.18. The molecule has 0 aliphatic carbocycles. The van der Waals surface area contributed by atoms with Gasteiger partial charge in [0, 0.05) is 20.3 Å². The van der Waals surface area contributed by atoms with Gasteiger partial charge in [0.2, 0.25) is 5.79 Å². The van der Waals surface area contributed by atoms with Crippen molar-refractivity contribution < 1.29 is 34.0 Å². The molecular weight excluding hydrogens is 232 g/mol. The molecule has 2 aliphatic heterocycles. The molecule has 5 atom stereocenters. The molecule has 7 heteroatoms. The number of hydrogen-bond donors (Lipinski definition) is 2. The van der Waals surface area contributed by atoms with Crippen molar-refractivity contribution in [2.75, 3.05) is 0 Å². The number of carbonyl (C=O) groups is 2. The fourth-order valence-corrected chi connectivity index (χ4v) is 2.31. The summed E-state index contributed by atoms with van der Waals surface area (Å²) in [5.41, 5.74) is 0. The Kier molecular flexibility index (Phi) is 2.84. The highest BCUT2D eigenvalue weighted by Crippen LogP contribution is 2.45. The molecular formula is C10H14O7. The van der Waals surface area contributed by atoms with Crippen molar-refractivity contribution in [1.82, 2.24) is 0 Å². The van der Waals surface area contributed by atoms with Crippen LogP contribution < -0.4 is 0 Å². The molecule has 0 unspecified atom stereocenters. The lowest BCUT2D eigenvalue weighted by Gasteiger charge is -2.33. The number of esters is 2. The van der Waals surface area contributed by atoms with Gasteiger partial charge >= 0.3 is 11.9 Å². The summed E-state index contributed by atoms with van der Waals surface area (Å²) in [6.07, 6.45) is -3.76. The summed E-state index contributed by atoms with van der Waals surface area (Å²) in [7, 11) is 0. The highest BCUT2D eigenvalue weighted by Gasteiger charge is 2.67. The van der Waals surface area contributed by atoms with Crippen LogP contribution in [0.2, 0.25) is 0 Å². The molecule has 2 heterocycles. The Labute approximate surface area is 97.3 Å². The van der Waals surface area contributed by atoms with Crippen molar-refractivity contribution in [3.05, 3.63) is 0 Å². The molecule has 0 radical (unpaired) electrons. The lowest BCUT2D eigenvalue weighted by Crippen LogP contribution is -2.56. The summed E-state index contributed by atoms with van der Waals surface area (Å²) in [5, 5.41) is 19.9. The Morgan fingerprint density at radius 2 is 1.88 bits per heavy atom. The van der Waals surface area contributed by atoms with Gasteiger partial charge in [-0.25, -0.2) is 0 Å². The number of aliphatic hydroxyl groups is 2. The van der Waals surface area contributed by atoms with Crippen molar-refractivity contribution in [2.45, 2.75) is 50.5 Å². The summed E-state index contributed by atoms with van der Waals surface area (Å²) >= 11 is 0. The SMILES string of the molecule is CC(=O)O[C@H]1[C@@H]2C[C@@H](OC(C)=O)[C@@](O)(O2)[C@H]1O. The normalized spacial score (nSPS) is 43.5. The highest BCUT2D eigenvalue weighted by atomic mass is 16.7. The van der Waals surface area contributed by atoms with E-state index in [0.29, 0.717) is 0 Å². The van der Waals surface area contributed by atoms with E-state index in [1.165, 1.54) is 13.8 Å². The largest absolute Gasteiger partial charge is 0.457 e. The number of ether oxygens (including phenoxy) is 3. The van der Waals surface area contributed by atoms with Crippen LogP contribution in [-0.2, 0) is 23.8 Å². The van der Waals surface area contributed by atoms with Crippen LogP contribution in [0.4, 0.5) is 0 Å². The van der Waals surface area contributed by atoms with Crippen molar-refractivity contribution in [1.29, 1.82) is 0 Å². The third-order valence-electron chi connectivity index (χ3n) is 2.96. The van der Waals surface area contributed by atoms with E-state index in [2.05, 4.69) is 0 Å². The van der Waals surface area contributed by atoms with E-state index >= 15 is 0 Å². The number of aliphatic hydroxyl groups excluding tert-OH is 1. The standard InChI is InChI=1S/C10H14O7/c1-4(11)15-7-3-6-8(16-5(2)12)9(13)10(7,14)17-6/h6-9,13-14H,3H2,1-2H3/t6-,7+,8-,9-,10+/m0/s1. The Morgan fingerprint density at radius 3 is 2.35 bits per heavy atom. The van der Waals surface area contributed by atoms with Gasteiger partial charge in [-0.1, -0.05) is 0 Å². The molecule has 0 aromatic heterocycles. The first kappa shape index (κ1) is 12.3. The van der Waals surface area contributed by atoms with Gasteiger partial charge in [0.1, 0.15) is 6.10 Å². The second-order valence-electron chi connectivity index (χ2n) is 4.26. The van der Waals surface area contributed by atoms with Crippen LogP contribution in [0.15, 0.2) is 0 Å². The molecule has 0 aromatic carbocycles. The van der Waals surface area contributed by atoms with Crippen molar-refractivity contribution >= 4 is 11.9 Å². The first-order valence-corrected chi connectivity index (χ1v) is 5.27. The van der Waals surface area contributed by atoms with Crippen LogP contribution in [0.3, 0.4) is 0 Å². The van der Waals surface area contributed by atoms with Crippen LogP contribution in [0.25, 0.3) is 0 Å². The summed E-state index contributed by atoms with van der Waals surface area (Å²) in [6.45, 7) is 2.40. The van der Waals surface area contributed by atoms with Crippen molar-refractivity contribution in [3.63, 3.8) is 0 Å². The molecule has 17 heavy (non-hydrogen) atoms. The van der Waals surface area contributed by atoms with Crippen LogP contribution in [0, 0.1) is 0 Å². The molecule has 0 spiro atoms. The summed E-state index contributed by atoms with van der Waals surface area (Å²) in [6, 6.07) is 0. The number of fused-ring (bicyclic) bond motifs is 2. The number of hydrogen-bond acceptors (Lipinski definition) is 7. The molecule has 2 fully saturated rings. The van der Waals surface area contributed by atoms with E-state index in [1.54, 1.807) is 0 Å². The van der Waals surface area contributed by atoms with Crippen LogP contribution >= 0.6 is 0 Å². The Morgan fingerprint density at radius 1 is 1.29 bits per heavy atom. The molecule has 96 valence electrons. The van der Waals surface area contributed by atoms with E-state index in [-0.39, 0.29) is 6.42 Å². The monoisotopic (exact) mass is 246 g/mol. The van der Waals surface area contributed by atoms with Crippen molar-refractivity contribution in [2.24, 2.45) is 0 Å². The molecule has 2 aliphatic rings. The lowest BCUT2D eigenvalue weighted by atomic mass is 9.89. The fourth-order valence-electron chi connectivity index (χ4n) is 2.31. The van der Waals surface area contributed by atoms with E-state index in [1.807, 2.05) is 0 Å². The average molecular weight is 246 g/mol. The molecule has 0 amide bonds. The molecule has 0 saturated carbocycles. The first-order valence-electron chi connectivity index (χ1n) is 5.27. The third-order valence-corrected chi connectivity index (χ3v) is 2.96. The zero-order valence-electron chi connectivity index (χ0n) is 9.45. The molecule has 2 saturated heterocycles. The topological polar surface area (TPSA) is 102 Å². The van der Waals surface area contributed by atoms with Crippen LogP contribution in [0.5, 0.6) is 0 Å². The van der Waals surface area contributed by atoms with Gasteiger partial charge in [0.25, 0.3) is 0 Å². The average Bonchev–Trinajstić information content (AvgIpc) is 2.60. The second-order valence-corrected chi connectivity index (χ2v) is 4.26. The Bertz CT molecular complexity index is 341. The van der Waals surface area contributed by atoms with Gasteiger partial charge in [-0.3, -0.25) is 9.59 Å². The molecule has 2 N–H and O–H groups in total. The smallest absolute Gasteiger partial charge is 0.303 e. The van der Waals surface area contributed by atoms with Gasteiger partial charge in [-0.15, -0.1) is 0 Å². The predicted octanol–water partition coefficient (Wildman–Crippen LogP) is -1.30. The van der Waals surface area contributed by atoms with Crippen LogP contribution in [-0.4, -0.2) is 52.4 Å². The van der Waals surface area contributed by atoms with Gasteiger partial charge < -0.3 is 24.4 Å². The predicted molar refractivity (Wildman–Crippen MR) is 51.6 cm³/mol. The molecule has 2 rings (SSSR count). The minimum absolute atomic E-state index is 0.186. The third kappa shape index (κ3) is 1.90. The highest BCUT2D eigenvalue weighted by molar-refractivity contribution is 5.67. The van der Waals surface area contributed by atoms with Crippen molar-refractivity contribution in [3.8, 4) is 0 Å². The van der Waals surface area contributed by atoms with Gasteiger partial charge in [0.15, 0.2) is 18.3 Å². The quantitative estimate of drug-likeness (QED) is 0.584. The van der Waals surface area contributed by atoms with E-state index in [9.17, 15) is 19.8 Å². The summed E-state index contributed by atoms with van der Waals surface area (Å²) in [5.74, 6) is -3.13. The van der Waals surface area contributed by atoms with E-state index in [0.717, 1.165) is 0 Å². The zero-order valence-corrected chi connectivity index (χ0v) is 9.45. The van der Waals surface area contributed by atoms with E-state index < -0.39 is 42.1 Å². The fraction of sp³-hybridized carbons (Fsp3) is 0.800. The zero-order chi connectivity index (χ0) is 12.8. The number of carbonyl (C=O) groups excluding carboxylic acids is 2. The Balaban J connectivity index is 2.11. The maximum absolute atomic E-state index is 10.8. The molecule has 7 nitrogen and oxygen atoms in total. The van der Waals surface area contributed by atoms with Gasteiger partial charge in [-0.05, 0) is 0 Å². The van der Waals surface area contributed by atoms with E-state index in [4.69, 9.17) is 14.2 Å². The lowest BCUT2D eigenvalue weighted by molar-refractivity contribution is -0.250. The first-order chi connectivity index (χ1) is 7.84. The minimum Gasteiger partial charge on any atom is -0.457 e. The maximum Gasteiger partial charge on any atom is 0.303 e. The summed E-state index contributed by atoms with van der Waals surface area (Å²) < 4.78 is 14.9. The molecule has 0 aromatic rings. The number of rotatable bonds is 2. The minimum atomic E-state index is -1.99. The molecule has 2 bridgehead atoms. The van der Waals surface area contributed by atoms with Gasteiger partial charge in [0.05, 0.1) is 0 Å². The second kappa shape index (κ2) is 3.94. The maximum atomic E-state index is 10.8. The summed E-state index contributed by atoms with van der Waals surface area (Å²) in [4.78, 5) is 21.7. The van der Waals surface area contributed by atoms with Crippen LogP contribution in [0.1, 0.15) is 20.3 Å². The van der Waals surface area contributed by atoms with Gasteiger partial charge in [-0.2, -0.15) is 0 Å².